The maximum atomic E-state index is 6.78. The molecule has 1 aliphatic carbocycles. The van der Waals surface area contributed by atoms with E-state index in [1.54, 1.807) is 0 Å². The van der Waals surface area contributed by atoms with E-state index >= 15 is 0 Å². The monoisotopic (exact) mass is 720 g/mol. The predicted molar refractivity (Wildman–Crippen MR) is 230 cm³/mol. The fourth-order valence-electron chi connectivity index (χ4n) is 10.2. The van der Waals surface area contributed by atoms with Gasteiger partial charge in [0.05, 0.1) is 11.4 Å². The Bertz CT molecular complexity index is 2710. The maximum absolute atomic E-state index is 6.78. The van der Waals surface area contributed by atoms with Crippen LogP contribution in [0.5, 0.6) is 11.5 Å². The Hall–Kier alpha value is -6.43. The lowest BCUT2D eigenvalue weighted by atomic mass is 9.62. The number of anilines is 4. The Morgan fingerprint density at radius 1 is 0.473 bits per heavy atom. The Morgan fingerprint density at radius 3 is 1.67 bits per heavy atom. The van der Waals surface area contributed by atoms with Crippen LogP contribution in [0.4, 0.5) is 22.7 Å². The van der Waals surface area contributed by atoms with Crippen molar-refractivity contribution in [3.63, 3.8) is 0 Å². The van der Waals surface area contributed by atoms with Gasteiger partial charge in [0.15, 0.2) is 8.07 Å². The van der Waals surface area contributed by atoms with E-state index < -0.39 is 8.07 Å². The van der Waals surface area contributed by atoms with Crippen molar-refractivity contribution in [1.82, 2.24) is 0 Å². The minimum Gasteiger partial charge on any atom is -0.536 e. The van der Waals surface area contributed by atoms with Crippen LogP contribution in [0.2, 0.25) is 5.54 Å². The average Bonchev–Trinajstić information content (AvgIpc) is 3.85. The lowest BCUT2D eigenvalue weighted by molar-refractivity contribution is 0.599. The first-order chi connectivity index (χ1) is 27.3. The molecule has 12 rings (SSSR count). The minimum absolute atomic E-state index is 0.192. The van der Waals surface area contributed by atoms with E-state index in [0.29, 0.717) is 0 Å². The van der Waals surface area contributed by atoms with Gasteiger partial charge in [-0.2, -0.15) is 0 Å². The van der Waals surface area contributed by atoms with Crippen molar-refractivity contribution >= 4 is 71.5 Å². The second-order valence-electron chi connectivity index (χ2n) is 15.1. The third-order valence-electron chi connectivity index (χ3n) is 12.5. The molecule has 4 heterocycles. The number of nitrogens with zero attached hydrogens (tertiary/aromatic N) is 2. The molecule has 0 aromatic heterocycles. The summed E-state index contributed by atoms with van der Waals surface area (Å²) in [5.74, 6) is 1.86. The summed E-state index contributed by atoms with van der Waals surface area (Å²) in [4.78, 5) is 4.76. The van der Waals surface area contributed by atoms with Crippen molar-refractivity contribution in [3.8, 4) is 22.6 Å². The van der Waals surface area contributed by atoms with Gasteiger partial charge in [-0.3, -0.25) is 0 Å². The van der Waals surface area contributed by atoms with Gasteiger partial charge in [0.25, 0.3) is 0 Å². The highest BCUT2D eigenvalue weighted by Gasteiger charge is 2.52. The van der Waals surface area contributed by atoms with Crippen molar-refractivity contribution in [1.29, 1.82) is 0 Å². The molecule has 4 aliphatic heterocycles. The summed E-state index contributed by atoms with van der Waals surface area (Å²) < 4.78 is 13.5. The number of fused-ring (bicyclic) bond motifs is 15. The highest BCUT2D eigenvalue weighted by Crippen LogP contribution is 2.53. The zero-order valence-corrected chi connectivity index (χ0v) is 31.0. The smallest absolute Gasteiger partial charge is 0.524 e. The quantitative estimate of drug-likeness (QED) is 0.135. The molecular formula is C48H34B2N2O2Si. The molecule has 0 fully saturated rings. The fourth-order valence-corrected chi connectivity index (χ4v) is 15.5. The fraction of sp³-hybridized carbons (Fsp3) is 0.0417. The SMILES string of the molecule is C1=CC([Si](c2ccccc2)(c2ccccc2)c2ccc3c(c2)-c2ccccc2N2B3Oc3ccccc32)CC2=C1B1Oc3ccccc3N1c1ccccc12. The van der Waals surface area contributed by atoms with Crippen molar-refractivity contribution in [2.75, 3.05) is 9.62 Å². The summed E-state index contributed by atoms with van der Waals surface area (Å²) in [6, 6.07) is 64.7. The predicted octanol–water partition coefficient (Wildman–Crippen LogP) is 8.42. The Labute approximate surface area is 322 Å². The maximum Gasteiger partial charge on any atom is 0.524 e. The zero-order valence-electron chi connectivity index (χ0n) is 30.0. The molecule has 7 aromatic carbocycles. The third kappa shape index (κ3) is 4.30. The van der Waals surface area contributed by atoms with Crippen LogP contribution < -0.4 is 40.0 Å². The molecule has 258 valence electrons. The summed E-state index contributed by atoms with van der Waals surface area (Å²) in [6.45, 7) is 0. The number of hydrogen-bond donors (Lipinski definition) is 0. The molecule has 0 amide bonds. The highest BCUT2D eigenvalue weighted by atomic mass is 28.3. The van der Waals surface area contributed by atoms with E-state index in [-0.39, 0.29) is 19.6 Å². The number of benzene rings is 7. The second-order valence-corrected chi connectivity index (χ2v) is 19.2. The lowest BCUT2D eigenvalue weighted by Gasteiger charge is -2.43. The Balaban J connectivity index is 1.07. The summed E-state index contributed by atoms with van der Waals surface area (Å²) in [7, 11) is -3.24. The summed E-state index contributed by atoms with van der Waals surface area (Å²) in [6.07, 6.45) is 5.85. The number of rotatable bonds is 4. The topological polar surface area (TPSA) is 24.9 Å². The van der Waals surface area contributed by atoms with Crippen LogP contribution in [0.3, 0.4) is 0 Å². The lowest BCUT2D eigenvalue weighted by Crippen LogP contribution is -2.70. The first-order valence-electron chi connectivity index (χ1n) is 19.2. The largest absolute Gasteiger partial charge is 0.536 e. The molecule has 0 N–H and O–H groups in total. The van der Waals surface area contributed by atoms with E-state index in [1.807, 2.05) is 0 Å². The molecular weight excluding hydrogens is 686 g/mol. The van der Waals surface area contributed by atoms with Gasteiger partial charge in [-0.1, -0.05) is 152 Å². The molecule has 1 atom stereocenters. The van der Waals surface area contributed by atoms with Crippen molar-refractivity contribution in [2.45, 2.75) is 12.0 Å². The zero-order chi connectivity index (χ0) is 36.1. The first kappa shape index (κ1) is 31.0. The van der Waals surface area contributed by atoms with Crippen LogP contribution in [0, 0.1) is 0 Å². The molecule has 0 spiro atoms. The van der Waals surface area contributed by atoms with Crippen molar-refractivity contribution in [3.05, 3.63) is 199 Å². The van der Waals surface area contributed by atoms with Crippen molar-refractivity contribution < 1.29 is 9.31 Å². The highest BCUT2D eigenvalue weighted by molar-refractivity contribution is 7.13. The molecule has 0 saturated carbocycles. The summed E-state index contributed by atoms with van der Waals surface area (Å²) >= 11 is 0. The van der Waals surface area contributed by atoms with E-state index in [0.717, 1.165) is 29.3 Å². The van der Waals surface area contributed by atoms with Gasteiger partial charge in [-0.15, -0.1) is 0 Å². The van der Waals surface area contributed by atoms with Crippen molar-refractivity contribution in [2.24, 2.45) is 0 Å². The van der Waals surface area contributed by atoms with Crippen LogP contribution in [0.1, 0.15) is 12.0 Å². The van der Waals surface area contributed by atoms with Gasteiger partial charge < -0.3 is 18.9 Å². The molecule has 7 aromatic rings. The molecule has 0 radical (unpaired) electrons. The van der Waals surface area contributed by atoms with Gasteiger partial charge in [0, 0.05) is 16.9 Å². The van der Waals surface area contributed by atoms with E-state index in [1.165, 1.54) is 60.1 Å². The van der Waals surface area contributed by atoms with Crippen LogP contribution >= 0.6 is 0 Å². The molecule has 7 heteroatoms. The molecule has 0 bridgehead atoms. The summed E-state index contributed by atoms with van der Waals surface area (Å²) in [5, 5.41) is 4.21. The van der Waals surface area contributed by atoms with E-state index in [4.69, 9.17) is 9.31 Å². The van der Waals surface area contributed by atoms with Crippen LogP contribution in [-0.2, 0) is 0 Å². The normalized spacial score (nSPS) is 16.8. The van der Waals surface area contributed by atoms with Crippen LogP contribution in [-0.4, -0.2) is 22.2 Å². The van der Waals surface area contributed by atoms with Gasteiger partial charge in [0.2, 0.25) is 0 Å². The standard InChI is InChI=1S/C48H34B2N2O2Si/c1-3-15-33(16-4-1)55(34-17-5-2-6-18-34,35-27-29-41-39(31-35)37-19-7-9-21-43(37)51-45-23-11-13-25-47(45)53-49(41)51)36-28-30-42-40(32-36)38-20-8-10-22-44(38)52-46-24-12-14-26-48(46)54-50(42)52/h1-31,36H,32H2. The number of hydrogen-bond acceptors (Lipinski definition) is 4. The third-order valence-corrected chi connectivity index (χ3v) is 17.7. The number of allylic oxidation sites excluding steroid dienone is 4. The van der Waals surface area contributed by atoms with Crippen LogP contribution in [0.25, 0.3) is 16.7 Å². The molecule has 55 heavy (non-hydrogen) atoms. The minimum atomic E-state index is -2.83. The average molecular weight is 721 g/mol. The summed E-state index contributed by atoms with van der Waals surface area (Å²) in [5.41, 5.74) is 12.5. The Kier molecular flexibility index (Phi) is 6.63. The number of para-hydroxylation sites is 6. The van der Waals surface area contributed by atoms with E-state index in [2.05, 4.69) is 198 Å². The van der Waals surface area contributed by atoms with Gasteiger partial charge in [0.1, 0.15) is 11.5 Å². The van der Waals surface area contributed by atoms with Crippen LogP contribution in [0.15, 0.2) is 194 Å². The van der Waals surface area contributed by atoms with Gasteiger partial charge in [-0.05, 0) is 91.6 Å². The first-order valence-corrected chi connectivity index (χ1v) is 21.3. The molecule has 0 saturated heterocycles. The van der Waals surface area contributed by atoms with Gasteiger partial charge >= 0.3 is 14.1 Å². The second kappa shape index (κ2) is 11.8. The van der Waals surface area contributed by atoms with E-state index in [9.17, 15) is 0 Å². The molecule has 5 aliphatic rings. The van der Waals surface area contributed by atoms with Gasteiger partial charge in [-0.25, -0.2) is 0 Å². The molecule has 1 unspecified atom stereocenters. The molecule has 4 nitrogen and oxygen atoms in total. The Morgan fingerprint density at radius 2 is 1.00 bits per heavy atom.